The summed E-state index contributed by atoms with van der Waals surface area (Å²) < 4.78 is 32.8. The van der Waals surface area contributed by atoms with E-state index in [4.69, 9.17) is 24.3 Å². The van der Waals surface area contributed by atoms with Gasteiger partial charge >= 0.3 is 19.8 Å². The summed E-state index contributed by atoms with van der Waals surface area (Å²) in [5.41, 5.74) is 5.35. The lowest BCUT2D eigenvalue weighted by atomic mass is 10.1. The van der Waals surface area contributed by atoms with Crippen LogP contribution in [0, 0.1) is 0 Å². The lowest BCUT2D eigenvalue weighted by molar-refractivity contribution is -0.161. The van der Waals surface area contributed by atoms with Crippen LogP contribution in [0.1, 0.15) is 168 Å². The van der Waals surface area contributed by atoms with Gasteiger partial charge in [0.25, 0.3) is 0 Å². The second-order valence-electron chi connectivity index (χ2n) is 14.2. The van der Waals surface area contributed by atoms with Gasteiger partial charge in [0.15, 0.2) is 6.10 Å². The van der Waals surface area contributed by atoms with Gasteiger partial charge in [-0.15, -0.1) is 0 Å². The number of carbonyl (C=O) groups is 2. The third kappa shape index (κ3) is 42.6. The van der Waals surface area contributed by atoms with E-state index in [-0.39, 0.29) is 32.6 Å². The first-order valence-corrected chi connectivity index (χ1v) is 23.6. The predicted octanol–water partition coefficient (Wildman–Crippen LogP) is 12.8. The van der Waals surface area contributed by atoms with Gasteiger partial charge in [-0.1, -0.05) is 150 Å². The minimum absolute atomic E-state index is 0.0419. The zero-order valence-electron chi connectivity index (χ0n) is 35.8. The maximum atomic E-state index is 12.6. The highest BCUT2D eigenvalue weighted by Crippen LogP contribution is 2.43. The van der Waals surface area contributed by atoms with E-state index in [1.54, 1.807) is 0 Å². The van der Waals surface area contributed by atoms with Crippen molar-refractivity contribution in [1.29, 1.82) is 0 Å². The molecule has 0 saturated carbocycles. The van der Waals surface area contributed by atoms with Crippen molar-refractivity contribution in [3.63, 3.8) is 0 Å². The van der Waals surface area contributed by atoms with Gasteiger partial charge in [0.1, 0.15) is 6.61 Å². The summed E-state index contributed by atoms with van der Waals surface area (Å²) in [4.78, 5) is 34.9. The minimum Gasteiger partial charge on any atom is -0.462 e. The van der Waals surface area contributed by atoms with Gasteiger partial charge in [-0.2, -0.15) is 0 Å². The third-order valence-electron chi connectivity index (χ3n) is 8.77. The molecule has 0 spiro atoms. The molecule has 326 valence electrons. The summed E-state index contributed by atoms with van der Waals surface area (Å²) in [5, 5.41) is 0. The fourth-order valence-corrected chi connectivity index (χ4v) is 6.28. The molecule has 0 bridgehead atoms. The fraction of sp³-hybridized carbons (Fsp3) is 0.660. The molecular weight excluding hydrogens is 737 g/mol. The zero-order chi connectivity index (χ0) is 41.8. The molecule has 0 saturated heterocycles. The van der Waals surface area contributed by atoms with E-state index in [0.29, 0.717) is 12.8 Å². The number of ether oxygens (including phenoxy) is 2. The number of hydrogen-bond donors (Lipinski definition) is 2. The van der Waals surface area contributed by atoms with E-state index in [2.05, 4.69) is 98.9 Å². The second-order valence-corrected chi connectivity index (χ2v) is 15.6. The number of phosphoric ester groups is 1. The number of allylic oxidation sites excluding steroid dienone is 14. The van der Waals surface area contributed by atoms with Gasteiger partial charge in [0.05, 0.1) is 13.2 Å². The third-order valence-corrected chi connectivity index (χ3v) is 9.75. The molecule has 2 atom stereocenters. The van der Waals surface area contributed by atoms with Crippen molar-refractivity contribution in [1.82, 2.24) is 0 Å². The first kappa shape index (κ1) is 54.2. The average Bonchev–Trinajstić information content (AvgIpc) is 3.20. The Kier molecular flexibility index (Phi) is 40.7. The van der Waals surface area contributed by atoms with Crippen molar-refractivity contribution in [3.05, 3.63) is 85.1 Å². The smallest absolute Gasteiger partial charge is 0.462 e. The van der Waals surface area contributed by atoms with Gasteiger partial charge in [-0.25, -0.2) is 4.57 Å². The molecule has 57 heavy (non-hydrogen) atoms. The van der Waals surface area contributed by atoms with Crippen LogP contribution in [0.25, 0.3) is 0 Å². The Hall–Kier alpha value is -2.81. The lowest BCUT2D eigenvalue weighted by Crippen LogP contribution is -2.29. The summed E-state index contributed by atoms with van der Waals surface area (Å²) in [6.07, 6.45) is 53.2. The van der Waals surface area contributed by atoms with E-state index >= 15 is 0 Å². The van der Waals surface area contributed by atoms with Crippen LogP contribution in [0.5, 0.6) is 0 Å². The zero-order valence-corrected chi connectivity index (χ0v) is 36.7. The fourth-order valence-electron chi connectivity index (χ4n) is 5.51. The molecule has 2 unspecified atom stereocenters. The van der Waals surface area contributed by atoms with E-state index in [0.717, 1.165) is 83.5 Å². The van der Waals surface area contributed by atoms with Crippen molar-refractivity contribution < 1.29 is 37.6 Å². The molecule has 0 fully saturated rings. The van der Waals surface area contributed by atoms with Crippen LogP contribution in [-0.2, 0) is 32.7 Å². The standard InChI is InChI=1S/C47H80NO8P/c1-3-5-7-9-11-13-15-17-19-21-22-24-26-28-30-32-34-36-38-40-47(50)56-45(44-55-57(51,52)54-42-41-48)43-53-46(49)39-37-35-33-31-29-27-25-23-20-18-16-14-12-10-8-6-4-2/h5,7,11-14,17-20,22,24,28,30,45H,3-4,6,8-10,15-16,21,23,25-27,29,31-44,48H2,1-2H3,(H,51,52)/b7-5-,13-11-,14-12-,19-17-,20-18-,24-22-,30-28-. The van der Waals surface area contributed by atoms with Gasteiger partial charge in [0, 0.05) is 19.4 Å². The Morgan fingerprint density at radius 3 is 1.46 bits per heavy atom. The first-order valence-electron chi connectivity index (χ1n) is 22.1. The normalized spacial score (nSPS) is 14.1. The molecule has 0 aromatic carbocycles. The molecule has 0 rings (SSSR count). The minimum atomic E-state index is -4.39. The van der Waals surface area contributed by atoms with Gasteiger partial charge in [-0.05, 0) is 89.9 Å². The molecule has 0 heterocycles. The van der Waals surface area contributed by atoms with Crippen molar-refractivity contribution in [2.24, 2.45) is 5.73 Å². The number of unbranched alkanes of at least 4 members (excludes halogenated alkanes) is 13. The van der Waals surface area contributed by atoms with Crippen LogP contribution in [-0.4, -0.2) is 49.3 Å². The summed E-state index contributed by atoms with van der Waals surface area (Å²) >= 11 is 0. The van der Waals surface area contributed by atoms with Gasteiger partial charge < -0.3 is 20.1 Å². The molecule has 9 nitrogen and oxygen atoms in total. The molecule has 0 amide bonds. The molecule has 0 aromatic heterocycles. The number of carbonyl (C=O) groups excluding carboxylic acids is 2. The highest BCUT2D eigenvalue weighted by molar-refractivity contribution is 7.47. The number of hydrogen-bond acceptors (Lipinski definition) is 8. The lowest BCUT2D eigenvalue weighted by Gasteiger charge is -2.19. The molecule has 0 aliphatic rings. The predicted molar refractivity (Wildman–Crippen MR) is 238 cm³/mol. The maximum absolute atomic E-state index is 12.6. The van der Waals surface area contributed by atoms with E-state index in [1.165, 1.54) is 44.9 Å². The van der Waals surface area contributed by atoms with Crippen molar-refractivity contribution in [2.75, 3.05) is 26.4 Å². The van der Waals surface area contributed by atoms with Crippen LogP contribution in [0.3, 0.4) is 0 Å². The largest absolute Gasteiger partial charge is 0.472 e. The average molecular weight is 818 g/mol. The highest BCUT2D eigenvalue weighted by Gasteiger charge is 2.26. The van der Waals surface area contributed by atoms with Crippen LogP contribution in [0.15, 0.2) is 85.1 Å². The Balaban J connectivity index is 4.25. The van der Waals surface area contributed by atoms with Gasteiger partial charge in [-0.3, -0.25) is 18.6 Å². The summed E-state index contributed by atoms with van der Waals surface area (Å²) in [5.74, 6) is -0.883. The molecule has 3 N–H and O–H groups in total. The molecule has 0 aliphatic carbocycles. The Bertz CT molecular complexity index is 1210. The van der Waals surface area contributed by atoms with Crippen molar-refractivity contribution in [3.8, 4) is 0 Å². The van der Waals surface area contributed by atoms with Crippen molar-refractivity contribution >= 4 is 19.8 Å². The van der Waals surface area contributed by atoms with Crippen LogP contribution < -0.4 is 5.73 Å². The van der Waals surface area contributed by atoms with E-state index in [1.807, 2.05) is 0 Å². The Morgan fingerprint density at radius 1 is 0.544 bits per heavy atom. The van der Waals surface area contributed by atoms with Gasteiger partial charge in [0.2, 0.25) is 0 Å². The summed E-state index contributed by atoms with van der Waals surface area (Å²) in [6, 6.07) is 0. The number of phosphoric acid groups is 1. The summed E-state index contributed by atoms with van der Waals surface area (Å²) in [6.45, 7) is 3.53. The Labute approximate surface area is 347 Å². The van der Waals surface area contributed by atoms with Crippen LogP contribution >= 0.6 is 7.82 Å². The maximum Gasteiger partial charge on any atom is 0.472 e. The molecule has 0 aliphatic heterocycles. The SMILES string of the molecule is CC/C=C\C/C=C\C/C=C\C/C=C\C/C=C\CCCCCC(=O)OC(COC(=O)CCCCCCCCC/C=C\C/C=C\CCCCC)COP(=O)(O)OCCN. The molecule has 0 aromatic rings. The molecular formula is C47H80NO8P. The number of nitrogens with two attached hydrogens (primary N) is 1. The quantitative estimate of drug-likeness (QED) is 0.0268. The van der Waals surface area contributed by atoms with E-state index in [9.17, 15) is 19.0 Å². The van der Waals surface area contributed by atoms with Crippen LogP contribution in [0.2, 0.25) is 0 Å². The monoisotopic (exact) mass is 818 g/mol. The second kappa shape index (κ2) is 42.8. The molecule has 10 heteroatoms. The van der Waals surface area contributed by atoms with Crippen LogP contribution in [0.4, 0.5) is 0 Å². The first-order chi connectivity index (χ1) is 27.8. The highest BCUT2D eigenvalue weighted by atomic mass is 31.2. The number of rotatable bonds is 40. The topological polar surface area (TPSA) is 134 Å². The molecule has 0 radical (unpaired) electrons. The summed E-state index contributed by atoms with van der Waals surface area (Å²) in [7, 11) is -4.39. The van der Waals surface area contributed by atoms with E-state index < -0.39 is 32.5 Å². The van der Waals surface area contributed by atoms with Crippen molar-refractivity contribution in [2.45, 2.75) is 174 Å². The number of esters is 2. The Morgan fingerprint density at radius 2 is 0.965 bits per heavy atom.